The smallest absolute Gasteiger partial charge is 0.223 e. The third kappa shape index (κ3) is 3.78. The zero-order chi connectivity index (χ0) is 11.3. The van der Waals surface area contributed by atoms with Gasteiger partial charge in [0.05, 0.1) is 0 Å². The van der Waals surface area contributed by atoms with Crippen LogP contribution in [0, 0.1) is 5.92 Å². The Bertz CT molecular complexity index is 200. The van der Waals surface area contributed by atoms with Gasteiger partial charge < -0.3 is 4.90 Å². The van der Waals surface area contributed by atoms with E-state index in [4.69, 9.17) is 0 Å². The molecule has 0 aromatic rings. The Hall–Kier alpha value is -0.0500. The molecule has 1 aliphatic carbocycles. The molecule has 0 N–H and O–H groups in total. The minimum Gasteiger partial charge on any atom is -0.343 e. The molecule has 15 heavy (non-hydrogen) atoms. The topological polar surface area (TPSA) is 20.3 Å². The molecule has 0 spiro atoms. The summed E-state index contributed by atoms with van der Waals surface area (Å²) in [5.74, 6) is 1.19. The normalized spacial score (nSPS) is 26.3. The van der Waals surface area contributed by atoms with Crippen LogP contribution in [0.3, 0.4) is 0 Å². The van der Waals surface area contributed by atoms with Crippen molar-refractivity contribution in [2.75, 3.05) is 12.4 Å². The highest BCUT2D eigenvalue weighted by Gasteiger charge is 2.25. The number of carbonyl (C=O) groups excluding carboxylic acids is 1. The predicted octanol–water partition coefficient (Wildman–Crippen LogP) is 3.20. The second kappa shape index (κ2) is 6.51. The summed E-state index contributed by atoms with van der Waals surface area (Å²) in [7, 11) is 1.96. The van der Waals surface area contributed by atoms with Crippen LogP contribution in [0.25, 0.3) is 0 Å². The Balaban J connectivity index is 2.35. The number of hydrogen-bond donors (Lipinski definition) is 0. The summed E-state index contributed by atoms with van der Waals surface area (Å²) in [5.41, 5.74) is 0. The van der Waals surface area contributed by atoms with Crippen LogP contribution in [0.2, 0.25) is 0 Å². The number of alkyl halides is 1. The predicted molar refractivity (Wildman–Crippen MR) is 67.2 cm³/mol. The minimum atomic E-state index is 0.284. The monoisotopic (exact) mass is 275 g/mol. The van der Waals surface area contributed by atoms with E-state index in [9.17, 15) is 4.79 Å². The summed E-state index contributed by atoms with van der Waals surface area (Å²) in [5, 5.41) is 0.778. The van der Waals surface area contributed by atoms with Gasteiger partial charge >= 0.3 is 0 Å². The largest absolute Gasteiger partial charge is 0.343 e. The standard InChI is InChI=1S/C12H22BrNO/c1-3-10-4-6-11(7-5-10)14(2)12(15)8-9-13/h10-11H,3-9H2,1-2H3. The first kappa shape index (κ1) is 13.0. The lowest BCUT2D eigenvalue weighted by molar-refractivity contribution is -0.132. The highest BCUT2D eigenvalue weighted by atomic mass is 79.9. The number of carbonyl (C=O) groups is 1. The van der Waals surface area contributed by atoms with Crippen molar-refractivity contribution in [2.24, 2.45) is 5.92 Å². The molecule has 0 aromatic heterocycles. The lowest BCUT2D eigenvalue weighted by atomic mass is 9.84. The van der Waals surface area contributed by atoms with Crippen LogP contribution in [0.15, 0.2) is 0 Å². The number of amides is 1. The maximum Gasteiger partial charge on any atom is 0.223 e. The van der Waals surface area contributed by atoms with Gasteiger partial charge in [-0.15, -0.1) is 0 Å². The van der Waals surface area contributed by atoms with E-state index in [0.717, 1.165) is 11.2 Å². The first-order valence-electron chi connectivity index (χ1n) is 6.00. The molecule has 1 rings (SSSR count). The first-order chi connectivity index (χ1) is 7.19. The first-order valence-corrected chi connectivity index (χ1v) is 7.12. The Morgan fingerprint density at radius 3 is 2.40 bits per heavy atom. The average Bonchev–Trinajstić information content (AvgIpc) is 2.28. The Kier molecular flexibility index (Phi) is 5.65. The third-order valence-electron chi connectivity index (χ3n) is 3.64. The molecular formula is C12H22BrNO. The summed E-state index contributed by atoms with van der Waals surface area (Å²) in [6.07, 6.45) is 6.92. The lowest BCUT2D eigenvalue weighted by Gasteiger charge is -2.34. The number of halogens is 1. The van der Waals surface area contributed by atoms with E-state index >= 15 is 0 Å². The van der Waals surface area contributed by atoms with Crippen molar-refractivity contribution in [1.82, 2.24) is 4.90 Å². The number of nitrogens with zero attached hydrogens (tertiary/aromatic N) is 1. The molecule has 2 nitrogen and oxygen atoms in total. The molecule has 0 saturated heterocycles. The maximum absolute atomic E-state index is 11.7. The highest BCUT2D eigenvalue weighted by molar-refractivity contribution is 9.09. The number of rotatable bonds is 4. The Labute approximate surface area is 102 Å². The fraction of sp³-hybridized carbons (Fsp3) is 0.917. The summed E-state index contributed by atoms with van der Waals surface area (Å²) in [6, 6.07) is 0.499. The quantitative estimate of drug-likeness (QED) is 0.722. The molecule has 1 fully saturated rings. The molecule has 0 aromatic carbocycles. The van der Waals surface area contributed by atoms with Crippen LogP contribution in [-0.2, 0) is 4.79 Å². The van der Waals surface area contributed by atoms with E-state index in [0.29, 0.717) is 12.5 Å². The second-order valence-electron chi connectivity index (χ2n) is 4.53. The van der Waals surface area contributed by atoms with E-state index in [-0.39, 0.29) is 5.91 Å². The van der Waals surface area contributed by atoms with Crippen LogP contribution in [0.4, 0.5) is 0 Å². The van der Waals surface area contributed by atoms with Crippen molar-refractivity contribution < 1.29 is 4.79 Å². The average molecular weight is 276 g/mol. The summed E-state index contributed by atoms with van der Waals surface area (Å²) >= 11 is 3.32. The summed E-state index contributed by atoms with van der Waals surface area (Å²) < 4.78 is 0. The van der Waals surface area contributed by atoms with Gasteiger partial charge in [-0.1, -0.05) is 29.3 Å². The van der Waals surface area contributed by atoms with Gasteiger partial charge in [0.2, 0.25) is 5.91 Å². The van der Waals surface area contributed by atoms with Crippen molar-refractivity contribution in [1.29, 1.82) is 0 Å². The minimum absolute atomic E-state index is 0.284. The van der Waals surface area contributed by atoms with Gasteiger partial charge in [-0.3, -0.25) is 4.79 Å². The fourth-order valence-electron chi connectivity index (χ4n) is 2.40. The molecular weight excluding hydrogens is 254 g/mol. The van der Waals surface area contributed by atoms with Gasteiger partial charge in [0.1, 0.15) is 0 Å². The summed E-state index contributed by atoms with van der Waals surface area (Å²) in [6.45, 7) is 2.27. The maximum atomic E-state index is 11.7. The van der Waals surface area contributed by atoms with E-state index in [1.807, 2.05) is 11.9 Å². The molecule has 0 radical (unpaired) electrons. The molecule has 1 amide bonds. The van der Waals surface area contributed by atoms with E-state index in [1.54, 1.807) is 0 Å². The van der Waals surface area contributed by atoms with Gasteiger partial charge in [0.25, 0.3) is 0 Å². The van der Waals surface area contributed by atoms with Crippen molar-refractivity contribution >= 4 is 21.8 Å². The van der Waals surface area contributed by atoms with E-state index in [1.165, 1.54) is 32.1 Å². The fourth-order valence-corrected chi connectivity index (χ4v) is 2.74. The molecule has 0 aliphatic heterocycles. The number of hydrogen-bond acceptors (Lipinski definition) is 1. The summed E-state index contributed by atoms with van der Waals surface area (Å²) in [4.78, 5) is 13.7. The molecule has 0 unspecified atom stereocenters. The lowest BCUT2D eigenvalue weighted by Crippen LogP contribution is -2.39. The van der Waals surface area contributed by atoms with Gasteiger partial charge in [-0.05, 0) is 31.6 Å². The highest BCUT2D eigenvalue weighted by Crippen LogP contribution is 2.29. The van der Waals surface area contributed by atoms with Gasteiger partial charge in [-0.25, -0.2) is 0 Å². The van der Waals surface area contributed by atoms with Gasteiger partial charge in [0.15, 0.2) is 0 Å². The third-order valence-corrected chi connectivity index (χ3v) is 4.04. The van der Waals surface area contributed by atoms with Crippen molar-refractivity contribution in [3.05, 3.63) is 0 Å². The molecule has 0 bridgehead atoms. The van der Waals surface area contributed by atoms with Crippen molar-refractivity contribution in [3.8, 4) is 0 Å². The Morgan fingerprint density at radius 1 is 1.33 bits per heavy atom. The van der Waals surface area contributed by atoms with Gasteiger partial charge in [-0.2, -0.15) is 0 Å². The van der Waals surface area contributed by atoms with Gasteiger partial charge in [0, 0.05) is 24.8 Å². The molecule has 0 heterocycles. The molecule has 1 saturated carbocycles. The van der Waals surface area contributed by atoms with Crippen molar-refractivity contribution in [3.63, 3.8) is 0 Å². The van der Waals surface area contributed by atoms with Crippen LogP contribution >= 0.6 is 15.9 Å². The zero-order valence-corrected chi connectivity index (χ0v) is 11.4. The molecule has 1 aliphatic rings. The van der Waals surface area contributed by atoms with Crippen molar-refractivity contribution in [2.45, 2.75) is 51.5 Å². The SMILES string of the molecule is CCC1CCC(N(C)C(=O)CCBr)CC1. The van der Waals surface area contributed by atoms with E-state index in [2.05, 4.69) is 22.9 Å². The van der Waals surface area contributed by atoms with Crippen LogP contribution in [0.5, 0.6) is 0 Å². The molecule has 0 atom stereocenters. The van der Waals surface area contributed by atoms with Crippen LogP contribution in [-0.4, -0.2) is 29.2 Å². The molecule has 3 heteroatoms. The Morgan fingerprint density at radius 2 is 1.93 bits per heavy atom. The van der Waals surface area contributed by atoms with E-state index < -0.39 is 0 Å². The molecule has 88 valence electrons. The second-order valence-corrected chi connectivity index (χ2v) is 5.32. The zero-order valence-electron chi connectivity index (χ0n) is 9.84. The van der Waals surface area contributed by atoms with Crippen LogP contribution in [0.1, 0.15) is 45.4 Å². The van der Waals surface area contributed by atoms with Crippen LogP contribution < -0.4 is 0 Å².